The van der Waals surface area contributed by atoms with E-state index < -0.39 is 54.0 Å². The van der Waals surface area contributed by atoms with Crippen molar-refractivity contribution in [3.05, 3.63) is 36.0 Å². The third-order valence-corrected chi connectivity index (χ3v) is 6.08. The number of aromatic nitrogens is 1. The van der Waals surface area contributed by atoms with Gasteiger partial charge in [0.1, 0.15) is 12.1 Å². The SMILES string of the molecule is CSCCC(NC(=O)C(Cc1c[nH]c2ccccc12)NC(=O)C(C)N)C(=O)NC(C(=O)O)C(C)O. The lowest BCUT2D eigenvalue weighted by atomic mass is 10.0. The highest BCUT2D eigenvalue weighted by atomic mass is 32.2. The van der Waals surface area contributed by atoms with Crippen molar-refractivity contribution in [3.63, 3.8) is 0 Å². The predicted molar refractivity (Wildman–Crippen MR) is 134 cm³/mol. The zero-order chi connectivity index (χ0) is 26.1. The van der Waals surface area contributed by atoms with Crippen molar-refractivity contribution in [2.24, 2.45) is 5.73 Å². The molecule has 0 aliphatic heterocycles. The van der Waals surface area contributed by atoms with E-state index in [1.165, 1.54) is 25.6 Å². The molecule has 8 N–H and O–H groups in total. The average molecular weight is 508 g/mol. The molecule has 1 heterocycles. The van der Waals surface area contributed by atoms with Gasteiger partial charge >= 0.3 is 5.97 Å². The molecule has 12 heteroatoms. The summed E-state index contributed by atoms with van der Waals surface area (Å²) >= 11 is 1.45. The zero-order valence-electron chi connectivity index (χ0n) is 19.9. The van der Waals surface area contributed by atoms with Gasteiger partial charge in [0, 0.05) is 23.5 Å². The lowest BCUT2D eigenvalue weighted by molar-refractivity contribution is -0.145. The Bertz CT molecular complexity index is 1040. The van der Waals surface area contributed by atoms with Crippen LogP contribution < -0.4 is 21.7 Å². The monoisotopic (exact) mass is 507 g/mol. The molecule has 5 unspecified atom stereocenters. The zero-order valence-corrected chi connectivity index (χ0v) is 20.7. The second-order valence-corrected chi connectivity index (χ2v) is 9.31. The number of nitrogens with two attached hydrogens (primary N) is 1. The third-order valence-electron chi connectivity index (χ3n) is 5.44. The van der Waals surface area contributed by atoms with Crippen LogP contribution in [0, 0.1) is 0 Å². The van der Waals surface area contributed by atoms with Crippen molar-refractivity contribution in [3.8, 4) is 0 Å². The van der Waals surface area contributed by atoms with E-state index in [1.807, 2.05) is 30.5 Å². The maximum absolute atomic E-state index is 13.3. The number of aliphatic hydroxyl groups is 1. The van der Waals surface area contributed by atoms with Crippen LogP contribution in [0.3, 0.4) is 0 Å². The van der Waals surface area contributed by atoms with Crippen LogP contribution in [0.4, 0.5) is 0 Å². The van der Waals surface area contributed by atoms with E-state index in [-0.39, 0.29) is 12.8 Å². The Balaban J connectivity index is 2.26. The molecule has 0 spiro atoms. The number of carboxylic acid groups (broad SMARTS) is 1. The summed E-state index contributed by atoms with van der Waals surface area (Å²) < 4.78 is 0. The molecule has 2 aromatic rings. The first-order valence-electron chi connectivity index (χ1n) is 11.2. The predicted octanol–water partition coefficient (Wildman–Crippen LogP) is -0.269. The van der Waals surface area contributed by atoms with E-state index in [9.17, 15) is 29.4 Å². The number of H-pyrrole nitrogens is 1. The van der Waals surface area contributed by atoms with Gasteiger partial charge in [0.05, 0.1) is 12.1 Å². The van der Waals surface area contributed by atoms with E-state index in [2.05, 4.69) is 20.9 Å². The minimum Gasteiger partial charge on any atom is -0.480 e. The van der Waals surface area contributed by atoms with Gasteiger partial charge in [-0.3, -0.25) is 14.4 Å². The van der Waals surface area contributed by atoms with Gasteiger partial charge in [-0.25, -0.2) is 4.79 Å². The molecule has 0 aliphatic carbocycles. The second kappa shape index (κ2) is 13.1. The average Bonchev–Trinajstić information content (AvgIpc) is 3.21. The van der Waals surface area contributed by atoms with Crippen LogP contribution in [0.25, 0.3) is 10.9 Å². The minimum atomic E-state index is -1.53. The van der Waals surface area contributed by atoms with Crippen molar-refractivity contribution in [1.29, 1.82) is 0 Å². The minimum absolute atomic E-state index is 0.136. The maximum atomic E-state index is 13.3. The summed E-state index contributed by atoms with van der Waals surface area (Å²) in [5.41, 5.74) is 7.34. The number of amides is 3. The number of aliphatic carboxylic acids is 1. The lowest BCUT2D eigenvalue weighted by Gasteiger charge is -2.25. The van der Waals surface area contributed by atoms with Gasteiger partial charge in [0.2, 0.25) is 17.7 Å². The number of para-hydroxylation sites is 1. The number of benzene rings is 1. The number of thioether (sulfide) groups is 1. The standard InChI is InChI=1S/C23H33N5O6S/c1-12(24)20(30)27-18(10-14-11-25-16-7-5-4-6-15(14)16)22(32)26-17(8-9-35-3)21(31)28-19(13(2)29)23(33)34/h4-7,11-13,17-19,25,29H,8-10,24H2,1-3H3,(H,26,32)(H,27,30)(H,28,31)(H,33,34). The Morgan fingerprint density at radius 2 is 1.66 bits per heavy atom. The van der Waals surface area contributed by atoms with Crippen molar-refractivity contribution >= 4 is 46.4 Å². The van der Waals surface area contributed by atoms with Crippen molar-refractivity contribution in [2.75, 3.05) is 12.0 Å². The summed E-state index contributed by atoms with van der Waals surface area (Å²) in [5, 5.41) is 27.4. The highest BCUT2D eigenvalue weighted by molar-refractivity contribution is 7.98. The van der Waals surface area contributed by atoms with Crippen LogP contribution in [0.15, 0.2) is 30.5 Å². The number of aliphatic hydroxyl groups excluding tert-OH is 1. The molecule has 0 bridgehead atoms. The fourth-order valence-electron chi connectivity index (χ4n) is 3.45. The molecule has 1 aromatic heterocycles. The van der Waals surface area contributed by atoms with Gasteiger partial charge in [0.25, 0.3) is 0 Å². The smallest absolute Gasteiger partial charge is 0.328 e. The van der Waals surface area contributed by atoms with Crippen LogP contribution in [0.1, 0.15) is 25.8 Å². The van der Waals surface area contributed by atoms with Gasteiger partial charge in [-0.1, -0.05) is 18.2 Å². The number of carbonyl (C=O) groups excluding carboxylic acids is 3. The topological polar surface area (TPSA) is 187 Å². The Kier molecular flexibility index (Phi) is 10.6. The van der Waals surface area contributed by atoms with E-state index in [0.29, 0.717) is 5.75 Å². The van der Waals surface area contributed by atoms with E-state index >= 15 is 0 Å². The fourth-order valence-corrected chi connectivity index (χ4v) is 3.92. The molecule has 0 saturated carbocycles. The van der Waals surface area contributed by atoms with Crippen molar-refractivity contribution < 1.29 is 29.4 Å². The highest BCUT2D eigenvalue weighted by Crippen LogP contribution is 2.19. The molecule has 11 nitrogen and oxygen atoms in total. The van der Waals surface area contributed by atoms with Crippen molar-refractivity contribution in [2.45, 2.75) is 57.0 Å². The van der Waals surface area contributed by atoms with Crippen LogP contribution in [0.2, 0.25) is 0 Å². The summed E-state index contributed by atoms with van der Waals surface area (Å²) in [6.07, 6.45) is 2.59. The summed E-state index contributed by atoms with van der Waals surface area (Å²) in [7, 11) is 0. The molecule has 1 aromatic carbocycles. The normalized spacial score (nSPS) is 15.5. The van der Waals surface area contributed by atoms with Gasteiger partial charge in [-0.2, -0.15) is 11.8 Å². The number of aromatic amines is 1. The highest BCUT2D eigenvalue weighted by Gasteiger charge is 2.31. The van der Waals surface area contributed by atoms with Gasteiger partial charge in [-0.15, -0.1) is 0 Å². The van der Waals surface area contributed by atoms with Crippen LogP contribution in [0.5, 0.6) is 0 Å². The first kappa shape index (κ1) is 28.1. The molecular weight excluding hydrogens is 474 g/mol. The fraction of sp³-hybridized carbons (Fsp3) is 0.478. The van der Waals surface area contributed by atoms with E-state index in [0.717, 1.165) is 16.5 Å². The second-order valence-electron chi connectivity index (χ2n) is 8.32. The molecule has 3 amide bonds. The molecule has 0 saturated heterocycles. The molecular formula is C23H33N5O6S. The van der Waals surface area contributed by atoms with Crippen molar-refractivity contribution in [1.82, 2.24) is 20.9 Å². The summed E-state index contributed by atoms with van der Waals surface area (Å²) in [5.74, 6) is -2.79. The first-order valence-corrected chi connectivity index (χ1v) is 12.6. The number of carbonyl (C=O) groups is 4. The molecule has 2 rings (SSSR count). The van der Waals surface area contributed by atoms with Crippen LogP contribution >= 0.6 is 11.8 Å². The van der Waals surface area contributed by atoms with Gasteiger partial charge in [0.15, 0.2) is 6.04 Å². The number of nitrogens with one attached hydrogen (secondary N) is 4. The number of hydrogen-bond acceptors (Lipinski definition) is 7. The number of carboxylic acids is 1. The Labute approximate surface area is 207 Å². The lowest BCUT2D eigenvalue weighted by Crippen LogP contribution is -2.58. The van der Waals surface area contributed by atoms with Crippen LogP contribution in [-0.4, -0.2) is 81.2 Å². The molecule has 0 aliphatic rings. The molecule has 0 radical (unpaired) electrons. The quantitative estimate of drug-likeness (QED) is 0.193. The summed E-state index contributed by atoms with van der Waals surface area (Å²) in [6, 6.07) is 3.01. The summed E-state index contributed by atoms with van der Waals surface area (Å²) in [6.45, 7) is 2.74. The maximum Gasteiger partial charge on any atom is 0.328 e. The largest absolute Gasteiger partial charge is 0.480 e. The van der Waals surface area contributed by atoms with Gasteiger partial charge < -0.3 is 36.9 Å². The Hall–Kier alpha value is -3.09. The molecule has 192 valence electrons. The number of rotatable bonds is 13. The Morgan fingerprint density at radius 3 is 2.26 bits per heavy atom. The van der Waals surface area contributed by atoms with Crippen LogP contribution in [-0.2, 0) is 25.6 Å². The summed E-state index contributed by atoms with van der Waals surface area (Å²) in [4.78, 5) is 52.9. The third kappa shape index (κ3) is 7.98. The molecule has 5 atom stereocenters. The Morgan fingerprint density at radius 1 is 1.03 bits per heavy atom. The van der Waals surface area contributed by atoms with Gasteiger partial charge in [-0.05, 0) is 43.9 Å². The van der Waals surface area contributed by atoms with E-state index in [4.69, 9.17) is 5.73 Å². The molecule has 0 fully saturated rings. The number of fused-ring (bicyclic) bond motifs is 1. The van der Waals surface area contributed by atoms with E-state index in [1.54, 1.807) is 6.20 Å². The number of hydrogen-bond donors (Lipinski definition) is 7. The molecule has 35 heavy (non-hydrogen) atoms. The first-order chi connectivity index (χ1) is 16.5.